The van der Waals surface area contributed by atoms with E-state index in [1.807, 2.05) is 6.92 Å². The van der Waals surface area contributed by atoms with E-state index in [2.05, 4.69) is 36.8 Å². The molecule has 0 aromatic carbocycles. The molecule has 2 rings (SSSR count). The molecule has 0 spiro atoms. The van der Waals surface area contributed by atoms with Gasteiger partial charge in [0.2, 0.25) is 5.91 Å². The van der Waals surface area contributed by atoms with Crippen molar-refractivity contribution in [2.75, 3.05) is 11.9 Å². The molecule has 0 aliphatic carbocycles. The third-order valence-electron chi connectivity index (χ3n) is 2.18. The van der Waals surface area contributed by atoms with Crippen molar-refractivity contribution in [3.63, 3.8) is 0 Å². The van der Waals surface area contributed by atoms with Gasteiger partial charge in [-0.05, 0) is 35.0 Å². The van der Waals surface area contributed by atoms with Crippen LogP contribution >= 0.6 is 15.9 Å². The first-order valence-electron chi connectivity index (χ1n) is 5.40. The standard InChI is InChI=1S/C11H11BrN4O3/c1-6-4-9(16-15-6)14-10(17)5-13-11(18)7-2-3-8(12)19-7/h2-4H,5H2,1H3,(H,13,18)(H2,14,15,16,17). The maximum absolute atomic E-state index is 11.6. The first-order chi connectivity index (χ1) is 9.04. The van der Waals surface area contributed by atoms with Crippen molar-refractivity contribution < 1.29 is 14.0 Å². The fraction of sp³-hybridized carbons (Fsp3) is 0.182. The number of aromatic nitrogens is 2. The number of aromatic amines is 1. The fourth-order valence-electron chi connectivity index (χ4n) is 1.35. The Kier molecular flexibility index (Phi) is 4.00. The molecule has 8 heteroatoms. The van der Waals surface area contributed by atoms with Gasteiger partial charge in [-0.1, -0.05) is 0 Å². The Balaban J connectivity index is 1.82. The maximum atomic E-state index is 11.6. The summed E-state index contributed by atoms with van der Waals surface area (Å²) in [4.78, 5) is 23.1. The summed E-state index contributed by atoms with van der Waals surface area (Å²) in [5, 5.41) is 11.5. The molecule has 2 amide bonds. The summed E-state index contributed by atoms with van der Waals surface area (Å²) < 4.78 is 5.51. The van der Waals surface area contributed by atoms with Crippen LogP contribution in [0.2, 0.25) is 0 Å². The second kappa shape index (κ2) is 5.70. The minimum atomic E-state index is -0.459. The van der Waals surface area contributed by atoms with Crippen molar-refractivity contribution in [2.24, 2.45) is 0 Å². The second-order valence-corrected chi connectivity index (χ2v) is 4.55. The van der Waals surface area contributed by atoms with Crippen LogP contribution in [0.5, 0.6) is 0 Å². The molecular formula is C11H11BrN4O3. The van der Waals surface area contributed by atoms with Crippen molar-refractivity contribution in [1.82, 2.24) is 15.5 Å². The molecule has 0 aliphatic heterocycles. The molecular weight excluding hydrogens is 316 g/mol. The number of hydrogen-bond acceptors (Lipinski definition) is 4. The molecule has 0 saturated carbocycles. The van der Waals surface area contributed by atoms with Gasteiger partial charge in [0.25, 0.3) is 5.91 Å². The molecule has 2 aromatic rings. The van der Waals surface area contributed by atoms with Gasteiger partial charge < -0.3 is 15.1 Å². The number of nitrogens with one attached hydrogen (secondary N) is 3. The summed E-state index contributed by atoms with van der Waals surface area (Å²) in [6.07, 6.45) is 0. The van der Waals surface area contributed by atoms with Gasteiger partial charge in [0.05, 0.1) is 6.54 Å². The molecule has 3 N–H and O–H groups in total. The van der Waals surface area contributed by atoms with E-state index in [4.69, 9.17) is 4.42 Å². The topological polar surface area (TPSA) is 100 Å². The van der Waals surface area contributed by atoms with Gasteiger partial charge in [-0.3, -0.25) is 14.7 Å². The third-order valence-corrected chi connectivity index (χ3v) is 2.61. The highest BCUT2D eigenvalue weighted by molar-refractivity contribution is 9.10. The zero-order chi connectivity index (χ0) is 13.8. The maximum Gasteiger partial charge on any atom is 0.287 e. The summed E-state index contributed by atoms with van der Waals surface area (Å²) in [6.45, 7) is 1.66. The van der Waals surface area contributed by atoms with Crippen molar-refractivity contribution in [2.45, 2.75) is 6.92 Å². The summed E-state index contributed by atoms with van der Waals surface area (Å²) in [5.74, 6) is -0.280. The Labute approximate surface area is 116 Å². The van der Waals surface area contributed by atoms with Crippen LogP contribution in [0.4, 0.5) is 5.82 Å². The number of hydrogen-bond donors (Lipinski definition) is 3. The number of rotatable bonds is 4. The molecule has 0 bridgehead atoms. The molecule has 0 aliphatic rings. The van der Waals surface area contributed by atoms with Crippen LogP contribution in [0.15, 0.2) is 27.3 Å². The average Bonchev–Trinajstić information content (AvgIpc) is 2.95. The molecule has 2 aromatic heterocycles. The molecule has 0 unspecified atom stereocenters. The Bertz CT molecular complexity index is 605. The number of aryl methyl sites for hydroxylation is 1. The number of anilines is 1. The van der Waals surface area contributed by atoms with E-state index in [1.54, 1.807) is 12.1 Å². The number of amides is 2. The lowest BCUT2D eigenvalue weighted by atomic mass is 10.4. The van der Waals surface area contributed by atoms with Crippen molar-refractivity contribution in [3.05, 3.63) is 34.3 Å². The molecule has 0 radical (unpaired) electrons. The van der Waals surface area contributed by atoms with E-state index in [0.717, 1.165) is 5.69 Å². The number of furan rings is 1. The zero-order valence-corrected chi connectivity index (χ0v) is 11.6. The van der Waals surface area contributed by atoms with Gasteiger partial charge in [0.15, 0.2) is 16.2 Å². The number of halogens is 1. The minimum absolute atomic E-state index is 0.135. The van der Waals surface area contributed by atoms with Crippen molar-refractivity contribution in [3.8, 4) is 0 Å². The summed E-state index contributed by atoms with van der Waals surface area (Å²) >= 11 is 3.09. The smallest absolute Gasteiger partial charge is 0.287 e. The predicted octanol–water partition coefficient (Wildman–Crippen LogP) is 1.44. The van der Waals surface area contributed by atoms with Gasteiger partial charge in [0.1, 0.15) is 0 Å². The van der Waals surface area contributed by atoms with Crippen molar-refractivity contribution >= 4 is 33.6 Å². The van der Waals surface area contributed by atoms with Gasteiger partial charge in [-0.15, -0.1) is 0 Å². The van der Waals surface area contributed by atoms with E-state index in [-0.39, 0.29) is 18.2 Å². The van der Waals surface area contributed by atoms with Gasteiger partial charge >= 0.3 is 0 Å². The molecule has 0 atom stereocenters. The van der Waals surface area contributed by atoms with Crippen LogP contribution in [0, 0.1) is 6.92 Å². The molecule has 100 valence electrons. The predicted molar refractivity (Wildman–Crippen MR) is 70.7 cm³/mol. The summed E-state index contributed by atoms with van der Waals surface area (Å²) in [6, 6.07) is 4.79. The molecule has 19 heavy (non-hydrogen) atoms. The molecule has 7 nitrogen and oxygen atoms in total. The second-order valence-electron chi connectivity index (χ2n) is 3.77. The van der Waals surface area contributed by atoms with Crippen LogP contribution in [-0.2, 0) is 4.79 Å². The molecule has 0 saturated heterocycles. The first kappa shape index (κ1) is 13.3. The number of H-pyrrole nitrogens is 1. The number of carbonyl (C=O) groups is 2. The zero-order valence-electron chi connectivity index (χ0n) is 9.99. The Morgan fingerprint density at radius 3 is 2.84 bits per heavy atom. The van der Waals surface area contributed by atoms with Gasteiger partial charge in [-0.2, -0.15) is 5.10 Å². The first-order valence-corrected chi connectivity index (χ1v) is 6.19. The SMILES string of the molecule is Cc1cc(NC(=O)CNC(=O)c2ccc(Br)o2)n[nH]1. The minimum Gasteiger partial charge on any atom is -0.444 e. The molecule has 2 heterocycles. The summed E-state index contributed by atoms with van der Waals surface area (Å²) in [5.41, 5.74) is 0.833. The van der Waals surface area contributed by atoms with Gasteiger partial charge in [-0.25, -0.2) is 0 Å². The quantitative estimate of drug-likeness (QED) is 0.791. The largest absolute Gasteiger partial charge is 0.444 e. The van der Waals surface area contributed by atoms with Gasteiger partial charge in [0, 0.05) is 11.8 Å². The highest BCUT2D eigenvalue weighted by atomic mass is 79.9. The fourth-order valence-corrected chi connectivity index (χ4v) is 1.66. The van der Waals surface area contributed by atoms with E-state index in [1.165, 1.54) is 6.07 Å². The highest BCUT2D eigenvalue weighted by Crippen LogP contribution is 2.13. The van der Waals surface area contributed by atoms with Crippen LogP contribution in [-0.4, -0.2) is 28.6 Å². The highest BCUT2D eigenvalue weighted by Gasteiger charge is 2.12. The Hall–Kier alpha value is -2.09. The van der Waals surface area contributed by atoms with E-state index >= 15 is 0 Å². The lowest BCUT2D eigenvalue weighted by molar-refractivity contribution is -0.115. The lowest BCUT2D eigenvalue weighted by Gasteiger charge is -2.03. The Morgan fingerprint density at radius 1 is 1.47 bits per heavy atom. The van der Waals surface area contributed by atoms with E-state index in [9.17, 15) is 9.59 Å². The number of nitrogens with zero attached hydrogens (tertiary/aromatic N) is 1. The summed E-state index contributed by atoms with van der Waals surface area (Å²) in [7, 11) is 0. The number of carbonyl (C=O) groups excluding carboxylic acids is 2. The normalized spacial score (nSPS) is 10.2. The van der Waals surface area contributed by atoms with Crippen LogP contribution in [0.25, 0.3) is 0 Å². The third kappa shape index (κ3) is 3.68. The van der Waals surface area contributed by atoms with E-state index in [0.29, 0.717) is 10.5 Å². The lowest BCUT2D eigenvalue weighted by Crippen LogP contribution is -2.32. The van der Waals surface area contributed by atoms with Crippen LogP contribution in [0.1, 0.15) is 16.2 Å². The van der Waals surface area contributed by atoms with Crippen molar-refractivity contribution in [1.29, 1.82) is 0 Å². The Morgan fingerprint density at radius 2 is 2.26 bits per heavy atom. The molecule has 0 fully saturated rings. The monoisotopic (exact) mass is 326 g/mol. The average molecular weight is 327 g/mol. The van der Waals surface area contributed by atoms with Crippen LogP contribution < -0.4 is 10.6 Å². The van der Waals surface area contributed by atoms with E-state index < -0.39 is 5.91 Å². The van der Waals surface area contributed by atoms with Crippen LogP contribution in [0.3, 0.4) is 0 Å².